The summed E-state index contributed by atoms with van der Waals surface area (Å²) in [6, 6.07) is 7.23. The predicted octanol–water partition coefficient (Wildman–Crippen LogP) is -0.905. The third-order valence-electron chi connectivity index (χ3n) is 2.42. The van der Waals surface area contributed by atoms with Crippen LogP contribution >= 0.6 is 0 Å². The molecule has 7 heteroatoms. The van der Waals surface area contributed by atoms with Gasteiger partial charge < -0.3 is 25.5 Å². The van der Waals surface area contributed by atoms with Crippen LogP contribution in [0, 0.1) is 5.41 Å². The number of aliphatic hydroxyl groups excluding tert-OH is 1. The zero-order valence-electron chi connectivity index (χ0n) is 9.22. The third-order valence-corrected chi connectivity index (χ3v) is 2.42. The maximum absolute atomic E-state index is 8.92. The molecule has 1 aliphatic heterocycles. The highest BCUT2D eigenvalue weighted by Crippen LogP contribution is 2.10. The highest BCUT2D eigenvalue weighted by atomic mass is 16.6. The summed E-state index contributed by atoms with van der Waals surface area (Å²) < 4.78 is 10.9. The Bertz CT molecular complexity index is 398. The summed E-state index contributed by atoms with van der Waals surface area (Å²) >= 11 is 0. The highest BCUT2D eigenvalue weighted by Gasteiger charge is 2.32. The zero-order valence-corrected chi connectivity index (χ0v) is 9.22. The minimum atomic E-state index is -0.432. The molecule has 0 bridgehead atoms. The van der Waals surface area contributed by atoms with Crippen LogP contribution in [-0.2, 0) is 9.31 Å². The first kappa shape index (κ1) is 11.9. The Balaban J connectivity index is 2.01. The SMILES string of the molecule is N=C(N)Nc1ccc(B2OC[C@@H](CO)O2)cc1. The summed E-state index contributed by atoms with van der Waals surface area (Å²) in [5.41, 5.74) is 6.82. The Morgan fingerprint density at radius 2 is 2.24 bits per heavy atom. The molecule has 0 amide bonds. The molecule has 2 rings (SSSR count). The Morgan fingerprint density at radius 1 is 1.53 bits per heavy atom. The second kappa shape index (κ2) is 5.18. The molecule has 17 heavy (non-hydrogen) atoms. The molecule has 1 aliphatic rings. The molecule has 1 fully saturated rings. The molecule has 1 heterocycles. The molecule has 6 nitrogen and oxygen atoms in total. The van der Waals surface area contributed by atoms with Crippen molar-refractivity contribution in [2.45, 2.75) is 6.10 Å². The van der Waals surface area contributed by atoms with Gasteiger partial charge in [0.2, 0.25) is 0 Å². The van der Waals surface area contributed by atoms with E-state index in [-0.39, 0.29) is 18.7 Å². The monoisotopic (exact) mass is 235 g/mol. The molecule has 0 aliphatic carbocycles. The van der Waals surface area contributed by atoms with E-state index >= 15 is 0 Å². The van der Waals surface area contributed by atoms with Gasteiger partial charge in [-0.2, -0.15) is 0 Å². The molecule has 0 saturated carbocycles. The van der Waals surface area contributed by atoms with Crippen LogP contribution in [0.2, 0.25) is 0 Å². The molecular formula is C10H14BN3O3. The van der Waals surface area contributed by atoms with E-state index < -0.39 is 7.12 Å². The van der Waals surface area contributed by atoms with Gasteiger partial charge >= 0.3 is 7.12 Å². The molecular weight excluding hydrogens is 221 g/mol. The normalized spacial score (nSPS) is 19.4. The summed E-state index contributed by atoms with van der Waals surface area (Å²) in [7, 11) is -0.432. The summed E-state index contributed by atoms with van der Waals surface area (Å²) in [6.45, 7) is 0.356. The first-order chi connectivity index (χ1) is 8.19. The highest BCUT2D eigenvalue weighted by molar-refractivity contribution is 6.61. The zero-order chi connectivity index (χ0) is 12.3. The van der Waals surface area contributed by atoms with Crippen LogP contribution in [0.5, 0.6) is 0 Å². The minimum Gasteiger partial charge on any atom is -0.405 e. The summed E-state index contributed by atoms with van der Waals surface area (Å²) in [6.07, 6.45) is -0.255. The van der Waals surface area contributed by atoms with Crippen LogP contribution in [0.3, 0.4) is 0 Å². The Hall–Kier alpha value is -1.57. The van der Waals surface area contributed by atoms with Crippen LogP contribution < -0.4 is 16.5 Å². The van der Waals surface area contributed by atoms with E-state index in [1.54, 1.807) is 12.1 Å². The lowest BCUT2D eigenvalue weighted by molar-refractivity contribution is 0.134. The van der Waals surface area contributed by atoms with Gasteiger partial charge in [-0.3, -0.25) is 5.41 Å². The first-order valence-corrected chi connectivity index (χ1v) is 5.28. The molecule has 0 spiro atoms. The van der Waals surface area contributed by atoms with Gasteiger partial charge in [0.25, 0.3) is 0 Å². The van der Waals surface area contributed by atoms with Crippen molar-refractivity contribution >= 4 is 24.2 Å². The smallest absolute Gasteiger partial charge is 0.405 e. The van der Waals surface area contributed by atoms with E-state index in [9.17, 15) is 0 Å². The Morgan fingerprint density at radius 3 is 2.76 bits per heavy atom. The lowest BCUT2D eigenvalue weighted by Crippen LogP contribution is -2.33. The third kappa shape index (κ3) is 2.97. The average Bonchev–Trinajstić information content (AvgIpc) is 2.78. The second-order valence-electron chi connectivity index (χ2n) is 3.77. The van der Waals surface area contributed by atoms with E-state index in [0.717, 1.165) is 11.2 Å². The molecule has 1 atom stereocenters. The number of nitrogens with one attached hydrogen (secondary N) is 2. The Kier molecular flexibility index (Phi) is 3.63. The fraction of sp³-hybridized carbons (Fsp3) is 0.300. The summed E-state index contributed by atoms with van der Waals surface area (Å²) in [5, 5.41) is 18.7. The van der Waals surface area contributed by atoms with Crippen molar-refractivity contribution in [1.29, 1.82) is 5.41 Å². The minimum absolute atomic E-state index is 0.0412. The quantitative estimate of drug-likeness (QED) is 0.309. The van der Waals surface area contributed by atoms with Crippen LogP contribution in [0.4, 0.5) is 5.69 Å². The molecule has 1 saturated heterocycles. The van der Waals surface area contributed by atoms with E-state index in [0.29, 0.717) is 6.61 Å². The molecule has 0 radical (unpaired) electrons. The van der Waals surface area contributed by atoms with Crippen LogP contribution in [0.15, 0.2) is 24.3 Å². The van der Waals surface area contributed by atoms with E-state index in [1.165, 1.54) is 0 Å². The van der Waals surface area contributed by atoms with Crippen molar-refractivity contribution in [3.05, 3.63) is 24.3 Å². The van der Waals surface area contributed by atoms with Crippen molar-refractivity contribution in [1.82, 2.24) is 0 Å². The van der Waals surface area contributed by atoms with Crippen molar-refractivity contribution < 1.29 is 14.4 Å². The molecule has 5 N–H and O–H groups in total. The second-order valence-corrected chi connectivity index (χ2v) is 3.77. The lowest BCUT2D eigenvalue weighted by atomic mass is 9.79. The molecule has 0 unspecified atom stereocenters. The summed E-state index contributed by atoms with van der Waals surface area (Å²) in [4.78, 5) is 0. The number of anilines is 1. The van der Waals surface area contributed by atoms with E-state index in [1.807, 2.05) is 12.1 Å². The summed E-state index contributed by atoms with van der Waals surface area (Å²) in [5.74, 6) is -0.105. The van der Waals surface area contributed by atoms with Gasteiger partial charge in [-0.25, -0.2) is 0 Å². The van der Waals surface area contributed by atoms with Crippen molar-refractivity contribution in [3.63, 3.8) is 0 Å². The van der Waals surface area contributed by atoms with Gasteiger partial charge in [0.15, 0.2) is 5.96 Å². The lowest BCUT2D eigenvalue weighted by Gasteiger charge is -2.08. The maximum Gasteiger partial charge on any atom is 0.494 e. The van der Waals surface area contributed by atoms with Gasteiger partial charge in [0.05, 0.1) is 19.3 Å². The van der Waals surface area contributed by atoms with Crippen LogP contribution in [-0.4, -0.2) is 37.5 Å². The topological polar surface area (TPSA) is 101 Å². The van der Waals surface area contributed by atoms with Crippen molar-refractivity contribution in [3.8, 4) is 0 Å². The van der Waals surface area contributed by atoms with Gasteiger partial charge in [0, 0.05) is 5.69 Å². The number of hydrogen-bond donors (Lipinski definition) is 4. The number of benzene rings is 1. The van der Waals surface area contributed by atoms with E-state index in [4.69, 9.17) is 25.6 Å². The maximum atomic E-state index is 8.92. The van der Waals surface area contributed by atoms with Crippen LogP contribution in [0.25, 0.3) is 0 Å². The van der Waals surface area contributed by atoms with Gasteiger partial charge in [0.1, 0.15) is 0 Å². The van der Waals surface area contributed by atoms with E-state index in [2.05, 4.69) is 5.32 Å². The fourth-order valence-corrected chi connectivity index (χ4v) is 1.60. The molecule has 1 aromatic carbocycles. The largest absolute Gasteiger partial charge is 0.494 e. The standard InChI is InChI=1S/C10H14BN3O3/c12-10(13)14-8-3-1-7(2-4-8)11-16-6-9(5-15)17-11/h1-4,9,15H,5-6H2,(H4,12,13,14)/t9-/m1/s1. The number of hydrogen-bond acceptors (Lipinski definition) is 4. The Labute approximate surface area is 99.4 Å². The molecule has 90 valence electrons. The average molecular weight is 235 g/mol. The van der Waals surface area contributed by atoms with Crippen molar-refractivity contribution in [2.24, 2.45) is 5.73 Å². The molecule has 0 aromatic heterocycles. The number of guanidine groups is 1. The first-order valence-electron chi connectivity index (χ1n) is 5.28. The van der Waals surface area contributed by atoms with Gasteiger partial charge in [-0.1, -0.05) is 12.1 Å². The van der Waals surface area contributed by atoms with Crippen LogP contribution in [0.1, 0.15) is 0 Å². The molecule has 1 aromatic rings. The predicted molar refractivity (Wildman–Crippen MR) is 65.3 cm³/mol. The fourth-order valence-electron chi connectivity index (χ4n) is 1.60. The van der Waals surface area contributed by atoms with Gasteiger partial charge in [-0.05, 0) is 17.6 Å². The number of rotatable bonds is 3. The number of nitrogens with two attached hydrogens (primary N) is 1. The number of aliphatic hydroxyl groups is 1. The van der Waals surface area contributed by atoms with Gasteiger partial charge in [-0.15, -0.1) is 0 Å². The van der Waals surface area contributed by atoms with Crippen molar-refractivity contribution in [2.75, 3.05) is 18.5 Å².